The van der Waals surface area contributed by atoms with E-state index in [1.54, 1.807) is 37.6 Å². The summed E-state index contributed by atoms with van der Waals surface area (Å²) >= 11 is 1.48. The Kier molecular flexibility index (Phi) is 6.96. The fourth-order valence-corrected chi connectivity index (χ4v) is 3.84. The predicted octanol–water partition coefficient (Wildman–Crippen LogP) is 4.94. The SMILES string of the molecule is COc1ccc(C=NNc2nc(-c3ccccc3)cs2)cc1COc1ccccc1C(N)=O. The molecule has 0 unspecified atom stereocenters. The van der Waals surface area contributed by atoms with Gasteiger partial charge in [-0.3, -0.25) is 10.2 Å². The summed E-state index contributed by atoms with van der Waals surface area (Å²) in [6.45, 7) is 0.204. The smallest absolute Gasteiger partial charge is 0.252 e. The lowest BCUT2D eigenvalue weighted by Crippen LogP contribution is -2.13. The molecule has 166 valence electrons. The normalized spacial score (nSPS) is 10.8. The van der Waals surface area contributed by atoms with Crippen LogP contribution < -0.4 is 20.6 Å². The van der Waals surface area contributed by atoms with Crippen molar-refractivity contribution in [2.75, 3.05) is 12.5 Å². The van der Waals surface area contributed by atoms with E-state index in [1.807, 2.05) is 53.9 Å². The maximum Gasteiger partial charge on any atom is 0.252 e. The number of methoxy groups -OCH3 is 1. The summed E-state index contributed by atoms with van der Waals surface area (Å²) in [4.78, 5) is 16.2. The number of anilines is 1. The van der Waals surface area contributed by atoms with Crippen LogP contribution in [0.4, 0.5) is 5.13 Å². The number of nitrogens with zero attached hydrogens (tertiary/aromatic N) is 2. The number of ether oxygens (including phenoxy) is 2. The summed E-state index contributed by atoms with van der Waals surface area (Å²) in [6.07, 6.45) is 1.70. The maximum atomic E-state index is 11.6. The summed E-state index contributed by atoms with van der Waals surface area (Å²) < 4.78 is 11.3. The lowest BCUT2D eigenvalue weighted by molar-refractivity contribution is 0.0996. The number of hydrogen-bond donors (Lipinski definition) is 2. The van der Waals surface area contributed by atoms with Gasteiger partial charge in [0.05, 0.1) is 24.6 Å². The Morgan fingerprint density at radius 1 is 1.09 bits per heavy atom. The van der Waals surface area contributed by atoms with Crippen LogP contribution >= 0.6 is 11.3 Å². The Bertz CT molecular complexity index is 1270. The zero-order chi connectivity index (χ0) is 23.0. The minimum atomic E-state index is -0.540. The van der Waals surface area contributed by atoms with Crippen LogP contribution in [0.1, 0.15) is 21.5 Å². The summed E-state index contributed by atoms with van der Waals surface area (Å²) in [5, 5.41) is 6.99. The first-order valence-electron chi connectivity index (χ1n) is 10.1. The van der Waals surface area contributed by atoms with Gasteiger partial charge in [0.2, 0.25) is 5.13 Å². The van der Waals surface area contributed by atoms with Gasteiger partial charge >= 0.3 is 0 Å². The number of hydrazone groups is 1. The van der Waals surface area contributed by atoms with Crippen molar-refractivity contribution in [1.29, 1.82) is 0 Å². The van der Waals surface area contributed by atoms with Gasteiger partial charge in [-0.15, -0.1) is 11.3 Å². The molecule has 0 spiro atoms. The molecule has 0 saturated heterocycles. The van der Waals surface area contributed by atoms with Crippen LogP contribution in [0.25, 0.3) is 11.3 Å². The van der Waals surface area contributed by atoms with Gasteiger partial charge in [0.25, 0.3) is 5.91 Å². The van der Waals surface area contributed by atoms with Crippen LogP contribution in [0.15, 0.2) is 83.3 Å². The van der Waals surface area contributed by atoms with Crippen molar-refractivity contribution in [3.63, 3.8) is 0 Å². The van der Waals surface area contributed by atoms with Crippen LogP contribution in [0.2, 0.25) is 0 Å². The van der Waals surface area contributed by atoms with Crippen molar-refractivity contribution in [2.24, 2.45) is 10.8 Å². The van der Waals surface area contributed by atoms with E-state index in [1.165, 1.54) is 11.3 Å². The van der Waals surface area contributed by atoms with Crippen molar-refractivity contribution in [2.45, 2.75) is 6.61 Å². The Morgan fingerprint density at radius 2 is 1.88 bits per heavy atom. The molecule has 3 N–H and O–H groups in total. The minimum Gasteiger partial charge on any atom is -0.496 e. The average Bonchev–Trinajstić information content (AvgIpc) is 3.32. The number of rotatable bonds is 9. The molecule has 8 heteroatoms. The third kappa shape index (κ3) is 5.55. The van der Waals surface area contributed by atoms with Crippen LogP contribution in [0, 0.1) is 0 Å². The first-order valence-corrected chi connectivity index (χ1v) is 11.0. The molecule has 1 amide bonds. The lowest BCUT2D eigenvalue weighted by Gasteiger charge is -2.12. The zero-order valence-electron chi connectivity index (χ0n) is 17.9. The molecule has 0 bridgehead atoms. The third-order valence-corrected chi connectivity index (χ3v) is 5.53. The Morgan fingerprint density at radius 3 is 2.67 bits per heavy atom. The van der Waals surface area contributed by atoms with E-state index in [2.05, 4.69) is 15.5 Å². The molecule has 1 aromatic heterocycles. The number of amides is 1. The number of primary amides is 1. The van der Waals surface area contributed by atoms with Crippen LogP contribution in [-0.4, -0.2) is 24.2 Å². The van der Waals surface area contributed by atoms with E-state index in [4.69, 9.17) is 15.2 Å². The van der Waals surface area contributed by atoms with Crippen LogP contribution in [-0.2, 0) is 6.61 Å². The number of thiazole rings is 1. The van der Waals surface area contributed by atoms with Gasteiger partial charge < -0.3 is 15.2 Å². The number of nitrogens with two attached hydrogens (primary N) is 1. The summed E-state index contributed by atoms with van der Waals surface area (Å²) in [5.41, 5.74) is 12.3. The highest BCUT2D eigenvalue weighted by Crippen LogP contribution is 2.25. The lowest BCUT2D eigenvalue weighted by atomic mass is 10.1. The number of aromatic nitrogens is 1. The number of hydrogen-bond acceptors (Lipinski definition) is 7. The predicted molar refractivity (Wildman–Crippen MR) is 131 cm³/mol. The average molecular weight is 459 g/mol. The molecule has 1 heterocycles. The van der Waals surface area contributed by atoms with Gasteiger partial charge in [-0.25, -0.2) is 4.98 Å². The Labute approximate surface area is 195 Å². The second-order valence-electron chi connectivity index (χ2n) is 6.99. The molecule has 0 fully saturated rings. The molecule has 0 aliphatic carbocycles. The molecule has 0 atom stereocenters. The number of carbonyl (C=O) groups excluding carboxylic acids is 1. The molecular formula is C25H22N4O3S. The fraction of sp³-hybridized carbons (Fsp3) is 0.0800. The molecule has 3 aromatic carbocycles. The highest BCUT2D eigenvalue weighted by molar-refractivity contribution is 7.14. The fourth-order valence-electron chi connectivity index (χ4n) is 3.17. The number of para-hydroxylation sites is 1. The summed E-state index contributed by atoms with van der Waals surface area (Å²) in [5.74, 6) is 0.553. The van der Waals surface area contributed by atoms with Crippen molar-refractivity contribution in [3.05, 3.63) is 94.9 Å². The van der Waals surface area contributed by atoms with Gasteiger partial charge in [-0.05, 0) is 35.9 Å². The van der Waals surface area contributed by atoms with E-state index in [0.29, 0.717) is 22.2 Å². The monoisotopic (exact) mass is 458 g/mol. The van der Waals surface area contributed by atoms with Crippen molar-refractivity contribution >= 4 is 28.6 Å². The quantitative estimate of drug-likeness (QED) is 0.273. The molecular weight excluding hydrogens is 436 g/mol. The highest BCUT2D eigenvalue weighted by atomic mass is 32.1. The van der Waals surface area contributed by atoms with Gasteiger partial charge in [0.1, 0.15) is 18.1 Å². The second-order valence-corrected chi connectivity index (χ2v) is 7.85. The number of benzene rings is 3. The largest absolute Gasteiger partial charge is 0.496 e. The molecule has 0 aliphatic rings. The topological polar surface area (TPSA) is 98.8 Å². The second kappa shape index (κ2) is 10.4. The molecule has 0 radical (unpaired) electrons. The molecule has 7 nitrogen and oxygen atoms in total. The minimum absolute atomic E-state index is 0.204. The van der Waals surface area contributed by atoms with E-state index < -0.39 is 5.91 Å². The molecule has 4 aromatic rings. The van der Waals surface area contributed by atoms with Crippen molar-refractivity contribution < 1.29 is 14.3 Å². The molecule has 0 aliphatic heterocycles. The van der Waals surface area contributed by atoms with Gasteiger partial charge in [-0.1, -0.05) is 42.5 Å². The van der Waals surface area contributed by atoms with Gasteiger partial charge in [0, 0.05) is 16.5 Å². The van der Waals surface area contributed by atoms with Gasteiger partial charge in [0.15, 0.2) is 0 Å². The summed E-state index contributed by atoms with van der Waals surface area (Å²) in [7, 11) is 1.60. The first kappa shape index (κ1) is 22.0. The van der Waals surface area contributed by atoms with Crippen molar-refractivity contribution in [1.82, 2.24) is 4.98 Å². The molecule has 33 heavy (non-hydrogen) atoms. The number of carbonyl (C=O) groups is 1. The van der Waals surface area contributed by atoms with E-state index >= 15 is 0 Å². The standard InChI is InChI=1S/C25H22N4O3S/c1-31-22-12-11-17(13-19(22)15-32-23-10-6-5-9-20(23)24(26)30)14-27-29-25-28-21(16-33-25)18-7-3-2-4-8-18/h2-14,16H,15H2,1H3,(H2,26,30)(H,28,29). The number of nitrogens with one attached hydrogen (secondary N) is 1. The van der Waals surface area contributed by atoms with Crippen LogP contribution in [0.3, 0.4) is 0 Å². The summed E-state index contributed by atoms with van der Waals surface area (Å²) in [6, 6.07) is 22.5. The van der Waals surface area contributed by atoms with Crippen LogP contribution in [0.5, 0.6) is 11.5 Å². The van der Waals surface area contributed by atoms with E-state index in [-0.39, 0.29) is 6.61 Å². The Hall–Kier alpha value is -4.17. The molecule has 0 saturated carbocycles. The Balaban J connectivity index is 1.44. The first-order chi connectivity index (χ1) is 16.1. The van der Waals surface area contributed by atoms with E-state index in [9.17, 15) is 4.79 Å². The highest BCUT2D eigenvalue weighted by Gasteiger charge is 2.11. The van der Waals surface area contributed by atoms with Crippen molar-refractivity contribution in [3.8, 4) is 22.8 Å². The zero-order valence-corrected chi connectivity index (χ0v) is 18.7. The molecule has 4 rings (SSSR count). The van der Waals surface area contributed by atoms with E-state index in [0.717, 1.165) is 22.4 Å². The third-order valence-electron chi connectivity index (χ3n) is 4.79. The maximum absolute atomic E-state index is 11.6. The van der Waals surface area contributed by atoms with Gasteiger partial charge in [-0.2, -0.15) is 5.10 Å².